The first kappa shape index (κ1) is 20.4. The fraction of sp³-hybridized carbons (Fsp3) is 0.318. The summed E-state index contributed by atoms with van der Waals surface area (Å²) in [5.41, 5.74) is 2.10. The highest BCUT2D eigenvalue weighted by atomic mass is 35.5. The number of carboxylic acids is 1. The van der Waals surface area contributed by atoms with Gasteiger partial charge in [-0.3, -0.25) is 0 Å². The molecule has 4 rings (SSSR count). The van der Waals surface area contributed by atoms with E-state index in [0.717, 1.165) is 37.2 Å². The second-order valence-electron chi connectivity index (χ2n) is 7.31. The molecule has 3 heterocycles. The maximum absolute atomic E-state index is 11.4. The van der Waals surface area contributed by atoms with E-state index in [0.29, 0.717) is 23.3 Å². The number of pyridine rings is 1. The van der Waals surface area contributed by atoms with Gasteiger partial charge in [0.1, 0.15) is 6.61 Å². The van der Waals surface area contributed by atoms with Gasteiger partial charge in [0.25, 0.3) is 0 Å². The van der Waals surface area contributed by atoms with Crippen LogP contribution in [0.3, 0.4) is 0 Å². The minimum absolute atomic E-state index is 0.151. The Balaban J connectivity index is 1.60. The van der Waals surface area contributed by atoms with Gasteiger partial charge in [0.2, 0.25) is 5.88 Å². The average Bonchev–Trinajstić information content (AvgIpc) is 3.41. The van der Waals surface area contributed by atoms with E-state index in [1.54, 1.807) is 10.9 Å². The molecule has 156 valence electrons. The number of aromatic carboxylic acids is 1. The van der Waals surface area contributed by atoms with Crippen LogP contribution in [0.15, 0.2) is 48.8 Å². The van der Waals surface area contributed by atoms with Crippen LogP contribution in [0.1, 0.15) is 34.3 Å². The minimum Gasteiger partial charge on any atom is -0.478 e. The third-order valence-corrected chi connectivity index (χ3v) is 5.44. The molecular formula is C22H23ClN4O3. The molecule has 1 N–H and O–H groups in total. The highest BCUT2D eigenvalue weighted by Gasteiger charge is 2.18. The van der Waals surface area contributed by atoms with Crippen LogP contribution in [0.5, 0.6) is 5.88 Å². The summed E-state index contributed by atoms with van der Waals surface area (Å²) in [6.45, 7) is 3.53. The first-order chi connectivity index (χ1) is 14.6. The summed E-state index contributed by atoms with van der Waals surface area (Å²) in [6, 6.07) is 10.4. The molecule has 0 aliphatic carbocycles. The molecule has 30 heavy (non-hydrogen) atoms. The third-order valence-electron chi connectivity index (χ3n) is 5.19. The maximum Gasteiger partial charge on any atom is 0.335 e. The SMILES string of the molecule is O=C(O)c1ccnc(-n2ncc(CCN3CCCC3)c2OCc2ccc(Cl)cc2)c1. The van der Waals surface area contributed by atoms with E-state index in [4.69, 9.17) is 16.3 Å². The predicted molar refractivity (Wildman–Crippen MR) is 113 cm³/mol. The van der Waals surface area contributed by atoms with Gasteiger partial charge in [-0.2, -0.15) is 9.78 Å². The molecule has 1 saturated heterocycles. The molecule has 8 heteroatoms. The molecule has 2 aromatic heterocycles. The van der Waals surface area contributed by atoms with Crippen LogP contribution >= 0.6 is 11.6 Å². The van der Waals surface area contributed by atoms with Crippen molar-refractivity contribution in [2.45, 2.75) is 25.9 Å². The van der Waals surface area contributed by atoms with E-state index in [1.807, 2.05) is 24.3 Å². The minimum atomic E-state index is -1.01. The van der Waals surface area contributed by atoms with E-state index in [1.165, 1.54) is 31.2 Å². The van der Waals surface area contributed by atoms with Crippen molar-refractivity contribution in [3.8, 4) is 11.7 Å². The highest BCUT2D eigenvalue weighted by Crippen LogP contribution is 2.25. The quantitative estimate of drug-likeness (QED) is 0.589. The van der Waals surface area contributed by atoms with Gasteiger partial charge in [-0.05, 0) is 62.2 Å². The molecule has 0 amide bonds. The van der Waals surface area contributed by atoms with Crippen molar-refractivity contribution in [2.75, 3.05) is 19.6 Å². The largest absolute Gasteiger partial charge is 0.478 e. The Morgan fingerprint density at radius 2 is 1.93 bits per heavy atom. The van der Waals surface area contributed by atoms with Gasteiger partial charge in [-0.25, -0.2) is 9.78 Å². The number of carbonyl (C=O) groups is 1. The number of rotatable bonds is 8. The van der Waals surface area contributed by atoms with Crippen molar-refractivity contribution >= 4 is 17.6 Å². The van der Waals surface area contributed by atoms with E-state index >= 15 is 0 Å². The Bertz CT molecular complexity index is 1010. The molecule has 0 saturated carbocycles. The highest BCUT2D eigenvalue weighted by molar-refractivity contribution is 6.30. The van der Waals surface area contributed by atoms with E-state index in [9.17, 15) is 9.90 Å². The lowest BCUT2D eigenvalue weighted by Crippen LogP contribution is -2.22. The average molecular weight is 427 g/mol. The molecule has 3 aromatic rings. The number of hydrogen-bond acceptors (Lipinski definition) is 5. The number of benzene rings is 1. The molecule has 0 radical (unpaired) electrons. The number of likely N-dealkylation sites (tertiary alicyclic amines) is 1. The third kappa shape index (κ3) is 4.80. The van der Waals surface area contributed by atoms with Gasteiger partial charge >= 0.3 is 5.97 Å². The van der Waals surface area contributed by atoms with Crippen LogP contribution in [0.2, 0.25) is 5.02 Å². The Morgan fingerprint density at radius 1 is 1.17 bits per heavy atom. The molecule has 1 aliphatic rings. The van der Waals surface area contributed by atoms with Crippen molar-refractivity contribution in [3.05, 3.63) is 70.5 Å². The zero-order chi connectivity index (χ0) is 20.9. The molecule has 0 spiro atoms. The van der Waals surface area contributed by atoms with Crippen molar-refractivity contribution in [2.24, 2.45) is 0 Å². The number of hydrogen-bond donors (Lipinski definition) is 1. The van der Waals surface area contributed by atoms with Crippen LogP contribution in [0.25, 0.3) is 5.82 Å². The number of halogens is 1. The predicted octanol–water partition coefficient (Wildman–Crippen LogP) is 3.84. The molecule has 0 bridgehead atoms. The lowest BCUT2D eigenvalue weighted by molar-refractivity contribution is 0.0696. The van der Waals surface area contributed by atoms with Crippen LogP contribution in [-0.4, -0.2) is 50.4 Å². The second-order valence-corrected chi connectivity index (χ2v) is 7.74. The first-order valence-corrected chi connectivity index (χ1v) is 10.3. The van der Waals surface area contributed by atoms with Crippen LogP contribution in [0, 0.1) is 0 Å². The summed E-state index contributed by atoms with van der Waals surface area (Å²) in [7, 11) is 0. The normalized spacial score (nSPS) is 14.2. The molecule has 1 aromatic carbocycles. The lowest BCUT2D eigenvalue weighted by Gasteiger charge is -2.15. The Kier molecular flexibility index (Phi) is 6.30. The van der Waals surface area contributed by atoms with Gasteiger partial charge in [0.05, 0.1) is 11.8 Å². The molecule has 7 nitrogen and oxygen atoms in total. The molecular weight excluding hydrogens is 404 g/mol. The van der Waals surface area contributed by atoms with E-state index in [-0.39, 0.29) is 5.56 Å². The summed E-state index contributed by atoms with van der Waals surface area (Å²) in [5, 5.41) is 14.4. The number of ether oxygens (including phenoxy) is 1. The van der Waals surface area contributed by atoms with Crippen LogP contribution < -0.4 is 4.74 Å². The molecule has 0 atom stereocenters. The van der Waals surface area contributed by atoms with Crippen molar-refractivity contribution in [1.82, 2.24) is 19.7 Å². The summed E-state index contributed by atoms with van der Waals surface area (Å²) in [4.78, 5) is 18.1. The van der Waals surface area contributed by atoms with E-state index in [2.05, 4.69) is 15.0 Å². The standard InChI is InChI=1S/C22H23ClN4O3/c23-19-5-3-16(4-6-19)15-30-21-18(8-12-26-10-1-2-11-26)14-25-27(21)20-13-17(22(28)29)7-9-24-20/h3-7,9,13-14H,1-2,8,10-12,15H2,(H,28,29). The number of aromatic nitrogens is 3. The first-order valence-electron chi connectivity index (χ1n) is 9.96. The maximum atomic E-state index is 11.4. The molecule has 1 aliphatic heterocycles. The smallest absolute Gasteiger partial charge is 0.335 e. The van der Waals surface area contributed by atoms with Gasteiger partial charge in [-0.1, -0.05) is 23.7 Å². The van der Waals surface area contributed by atoms with Gasteiger partial charge < -0.3 is 14.7 Å². The van der Waals surface area contributed by atoms with Gasteiger partial charge in [-0.15, -0.1) is 0 Å². The monoisotopic (exact) mass is 426 g/mol. The zero-order valence-corrected chi connectivity index (χ0v) is 17.3. The summed E-state index contributed by atoms with van der Waals surface area (Å²) in [5.74, 6) is -0.0173. The lowest BCUT2D eigenvalue weighted by atomic mass is 10.2. The Hall–Kier alpha value is -2.90. The second kappa shape index (κ2) is 9.28. The molecule has 1 fully saturated rings. The number of carboxylic acid groups (broad SMARTS) is 1. The molecule has 0 unspecified atom stereocenters. The van der Waals surface area contributed by atoms with Crippen molar-refractivity contribution < 1.29 is 14.6 Å². The number of nitrogens with zero attached hydrogens (tertiary/aromatic N) is 4. The topological polar surface area (TPSA) is 80.5 Å². The van der Waals surface area contributed by atoms with Crippen LogP contribution in [0.4, 0.5) is 0 Å². The van der Waals surface area contributed by atoms with Gasteiger partial charge in [0, 0.05) is 23.3 Å². The Labute approximate surface area is 179 Å². The zero-order valence-electron chi connectivity index (χ0n) is 16.5. The van der Waals surface area contributed by atoms with E-state index < -0.39 is 5.97 Å². The fourth-order valence-corrected chi connectivity index (χ4v) is 3.67. The van der Waals surface area contributed by atoms with Crippen molar-refractivity contribution in [3.63, 3.8) is 0 Å². The van der Waals surface area contributed by atoms with Crippen LogP contribution in [-0.2, 0) is 13.0 Å². The van der Waals surface area contributed by atoms with Crippen molar-refractivity contribution in [1.29, 1.82) is 0 Å². The summed E-state index contributed by atoms with van der Waals surface area (Å²) < 4.78 is 7.73. The summed E-state index contributed by atoms with van der Waals surface area (Å²) in [6.07, 6.45) is 6.53. The fourth-order valence-electron chi connectivity index (χ4n) is 3.54. The summed E-state index contributed by atoms with van der Waals surface area (Å²) >= 11 is 5.97. The van der Waals surface area contributed by atoms with Gasteiger partial charge in [0.15, 0.2) is 5.82 Å². The Morgan fingerprint density at radius 3 is 2.67 bits per heavy atom.